The number of cyclic esters (lactones) is 1. The molecule has 4 nitrogen and oxygen atoms in total. The van der Waals surface area contributed by atoms with Gasteiger partial charge in [0.2, 0.25) is 0 Å². The van der Waals surface area contributed by atoms with Crippen LogP contribution in [0, 0.1) is 34.5 Å². The summed E-state index contributed by atoms with van der Waals surface area (Å²) in [5, 5.41) is 0. The first-order chi connectivity index (χ1) is 14.5. The summed E-state index contributed by atoms with van der Waals surface area (Å²) in [6, 6.07) is 2.18. The van der Waals surface area contributed by atoms with Crippen molar-refractivity contribution in [2.45, 2.75) is 65.7 Å². The molecule has 30 heavy (non-hydrogen) atoms. The predicted octanol–water partition coefficient (Wildman–Crippen LogP) is 5.67. The lowest BCUT2D eigenvalue weighted by molar-refractivity contribution is -0.144. The monoisotopic (exact) mass is 409 g/mol. The smallest absolute Gasteiger partial charge is 0.305 e. The third-order valence-electron chi connectivity index (χ3n) is 9.29. The number of allylic oxidation sites excluding steroid dienone is 2. The highest BCUT2D eigenvalue weighted by molar-refractivity contribution is 5.73. The number of fused-ring (bicyclic) bond motifs is 5. The van der Waals surface area contributed by atoms with Gasteiger partial charge in [0.05, 0.1) is 19.4 Å². The van der Waals surface area contributed by atoms with Crippen molar-refractivity contribution < 1.29 is 14.3 Å². The Hall–Kier alpha value is -1.84. The van der Waals surface area contributed by atoms with Gasteiger partial charge in [-0.25, -0.2) is 0 Å². The molecule has 5 rings (SSSR count). The van der Waals surface area contributed by atoms with E-state index >= 15 is 0 Å². The number of nitrogens with zero attached hydrogens (tertiary/aromatic N) is 1. The summed E-state index contributed by atoms with van der Waals surface area (Å²) in [6.45, 7) is 8.29. The van der Waals surface area contributed by atoms with E-state index in [1.807, 2.05) is 19.3 Å². The van der Waals surface area contributed by atoms with Crippen molar-refractivity contribution in [2.24, 2.45) is 34.5 Å². The lowest BCUT2D eigenvalue weighted by Gasteiger charge is -2.58. The average Bonchev–Trinajstić information content (AvgIpc) is 3.01. The van der Waals surface area contributed by atoms with Crippen molar-refractivity contribution in [1.29, 1.82) is 0 Å². The van der Waals surface area contributed by atoms with Crippen molar-refractivity contribution in [3.8, 4) is 5.75 Å². The minimum atomic E-state index is 0.00863. The molecule has 4 heteroatoms. The summed E-state index contributed by atoms with van der Waals surface area (Å²) in [5.41, 5.74) is 3.17. The van der Waals surface area contributed by atoms with Gasteiger partial charge < -0.3 is 9.47 Å². The number of pyridine rings is 1. The zero-order valence-electron chi connectivity index (χ0n) is 18.7. The van der Waals surface area contributed by atoms with Crippen LogP contribution >= 0.6 is 0 Å². The van der Waals surface area contributed by atoms with Crippen molar-refractivity contribution in [3.05, 3.63) is 30.1 Å². The first-order valence-corrected chi connectivity index (χ1v) is 11.9. The Bertz CT molecular complexity index is 864. The van der Waals surface area contributed by atoms with Gasteiger partial charge in [-0.15, -0.1) is 0 Å². The predicted molar refractivity (Wildman–Crippen MR) is 117 cm³/mol. The second-order valence-corrected chi connectivity index (χ2v) is 10.5. The summed E-state index contributed by atoms with van der Waals surface area (Å²) < 4.78 is 11.3. The molecule has 2 saturated carbocycles. The molecule has 1 aromatic heterocycles. The number of aromatic nitrogens is 1. The van der Waals surface area contributed by atoms with Crippen LogP contribution < -0.4 is 4.74 Å². The summed E-state index contributed by atoms with van der Waals surface area (Å²) in [6.07, 6.45) is 14.1. The van der Waals surface area contributed by atoms with Crippen LogP contribution in [0.25, 0.3) is 5.57 Å². The minimum absolute atomic E-state index is 0.00863. The number of carbonyl (C=O) groups excluding carboxylic acids is 1. The summed E-state index contributed by atoms with van der Waals surface area (Å²) in [4.78, 5) is 16.5. The van der Waals surface area contributed by atoms with E-state index in [0.29, 0.717) is 37.4 Å². The van der Waals surface area contributed by atoms with Crippen LogP contribution in [0.1, 0.15) is 71.3 Å². The summed E-state index contributed by atoms with van der Waals surface area (Å²) in [7, 11) is 0. The first-order valence-electron chi connectivity index (χ1n) is 11.9. The van der Waals surface area contributed by atoms with Gasteiger partial charge in [-0.05, 0) is 97.2 Å². The molecule has 0 amide bonds. The maximum absolute atomic E-state index is 12.0. The number of esters is 1. The molecule has 1 saturated heterocycles. The average molecular weight is 410 g/mol. The molecule has 2 heterocycles. The molecule has 6 atom stereocenters. The summed E-state index contributed by atoms with van der Waals surface area (Å²) in [5.74, 6) is 3.57. The van der Waals surface area contributed by atoms with Crippen LogP contribution in [0.4, 0.5) is 0 Å². The molecule has 0 bridgehead atoms. The zero-order chi connectivity index (χ0) is 20.9. The van der Waals surface area contributed by atoms with Gasteiger partial charge >= 0.3 is 5.97 Å². The van der Waals surface area contributed by atoms with Crippen molar-refractivity contribution >= 4 is 11.5 Å². The third kappa shape index (κ3) is 3.01. The van der Waals surface area contributed by atoms with Crippen molar-refractivity contribution in [2.75, 3.05) is 13.2 Å². The molecule has 0 radical (unpaired) electrons. The third-order valence-corrected chi connectivity index (χ3v) is 9.29. The number of ether oxygens (including phenoxy) is 2. The quantitative estimate of drug-likeness (QED) is 0.604. The van der Waals surface area contributed by atoms with Gasteiger partial charge in [0.25, 0.3) is 0 Å². The Morgan fingerprint density at radius 1 is 1.17 bits per heavy atom. The molecule has 1 aromatic rings. The van der Waals surface area contributed by atoms with E-state index in [1.165, 1.54) is 43.2 Å². The highest BCUT2D eigenvalue weighted by Gasteiger charge is 2.58. The van der Waals surface area contributed by atoms with Crippen molar-refractivity contribution in [1.82, 2.24) is 4.98 Å². The topological polar surface area (TPSA) is 48.4 Å². The Labute approximate surface area is 180 Å². The van der Waals surface area contributed by atoms with Gasteiger partial charge in [-0.3, -0.25) is 9.78 Å². The highest BCUT2D eigenvalue weighted by atomic mass is 16.5. The van der Waals surface area contributed by atoms with E-state index in [1.54, 1.807) is 0 Å². The normalized spacial score (nSPS) is 40.4. The van der Waals surface area contributed by atoms with Crippen LogP contribution in [0.15, 0.2) is 24.5 Å². The number of carbonyl (C=O) groups is 1. The van der Waals surface area contributed by atoms with Gasteiger partial charge in [-0.1, -0.05) is 19.9 Å². The number of rotatable bonds is 3. The Morgan fingerprint density at radius 2 is 2.03 bits per heavy atom. The maximum Gasteiger partial charge on any atom is 0.305 e. The standard InChI is InChI=1S/C26H35NO3/c1-4-29-19-13-17(14-27-15-19)21-7-8-22-20-6-5-18-16-30-24(28)10-12-25(18,2)23(20)9-11-26(21,22)3/h7,13-15,18,20,22-23H,4-6,8-12,16H2,1-3H3/t18?,20-,22?,23?,25-,26+/m0/s1. The SMILES string of the molecule is CCOc1cncc(C2=CCC3[C@@H]4CCC5COC(=O)CC[C@]5(C)C4CC[C@]23C)c1. The molecular weight excluding hydrogens is 374 g/mol. The van der Waals surface area contributed by atoms with Gasteiger partial charge in [0.1, 0.15) is 5.75 Å². The fraction of sp³-hybridized carbons (Fsp3) is 0.692. The van der Waals surface area contributed by atoms with Crippen molar-refractivity contribution in [3.63, 3.8) is 0 Å². The number of hydrogen-bond acceptors (Lipinski definition) is 4. The Morgan fingerprint density at radius 3 is 2.87 bits per heavy atom. The Balaban J connectivity index is 1.42. The zero-order valence-corrected chi connectivity index (χ0v) is 18.7. The fourth-order valence-electron chi connectivity index (χ4n) is 7.66. The fourth-order valence-corrected chi connectivity index (χ4v) is 7.66. The van der Waals surface area contributed by atoms with Crippen LogP contribution in [0.3, 0.4) is 0 Å². The molecule has 0 aromatic carbocycles. The largest absolute Gasteiger partial charge is 0.492 e. The highest BCUT2D eigenvalue weighted by Crippen LogP contribution is 2.66. The van der Waals surface area contributed by atoms with Gasteiger partial charge in [0.15, 0.2) is 0 Å². The molecule has 3 fully saturated rings. The second-order valence-electron chi connectivity index (χ2n) is 10.5. The molecule has 3 unspecified atom stereocenters. The van der Waals surface area contributed by atoms with E-state index < -0.39 is 0 Å². The first kappa shape index (κ1) is 20.1. The van der Waals surface area contributed by atoms with Crippen LogP contribution in [0.5, 0.6) is 5.75 Å². The maximum atomic E-state index is 12.0. The van der Waals surface area contributed by atoms with Crippen LogP contribution in [-0.4, -0.2) is 24.2 Å². The molecule has 0 spiro atoms. The minimum Gasteiger partial charge on any atom is -0.492 e. The molecule has 3 aliphatic carbocycles. The van der Waals surface area contributed by atoms with E-state index in [2.05, 4.69) is 31.0 Å². The lowest BCUT2D eigenvalue weighted by atomic mass is 9.46. The van der Waals surface area contributed by atoms with E-state index in [0.717, 1.165) is 18.1 Å². The van der Waals surface area contributed by atoms with E-state index in [4.69, 9.17) is 9.47 Å². The molecule has 1 aliphatic heterocycles. The Kier molecular flexibility index (Phi) is 4.95. The lowest BCUT2D eigenvalue weighted by Crippen LogP contribution is -2.51. The summed E-state index contributed by atoms with van der Waals surface area (Å²) >= 11 is 0. The molecule has 4 aliphatic rings. The molecule has 0 N–H and O–H groups in total. The van der Waals surface area contributed by atoms with E-state index in [-0.39, 0.29) is 16.8 Å². The molecule has 162 valence electrons. The van der Waals surface area contributed by atoms with Crippen LogP contribution in [0.2, 0.25) is 0 Å². The van der Waals surface area contributed by atoms with E-state index in [9.17, 15) is 4.79 Å². The van der Waals surface area contributed by atoms with Crippen LogP contribution in [-0.2, 0) is 9.53 Å². The molecular formula is C26H35NO3. The number of hydrogen-bond donors (Lipinski definition) is 0. The van der Waals surface area contributed by atoms with Gasteiger partial charge in [0, 0.05) is 12.6 Å². The second kappa shape index (κ2) is 7.39. The van der Waals surface area contributed by atoms with Gasteiger partial charge in [-0.2, -0.15) is 0 Å².